The Morgan fingerprint density at radius 1 is 0.818 bits per heavy atom. The zero-order chi connectivity index (χ0) is 15.7. The van der Waals surface area contributed by atoms with E-state index >= 15 is 0 Å². The van der Waals surface area contributed by atoms with Crippen molar-refractivity contribution in [2.75, 3.05) is 0 Å². The van der Waals surface area contributed by atoms with Crippen LogP contribution in [0.2, 0.25) is 0 Å². The molecular formula is C20H19BrO. The summed E-state index contributed by atoms with van der Waals surface area (Å²) in [5.74, 6) is 0.325. The molecule has 0 spiro atoms. The molecule has 0 amide bonds. The van der Waals surface area contributed by atoms with E-state index in [9.17, 15) is 5.11 Å². The summed E-state index contributed by atoms with van der Waals surface area (Å²) in [5.41, 5.74) is 4.87. The van der Waals surface area contributed by atoms with E-state index in [4.69, 9.17) is 0 Å². The Balaban J connectivity index is 2.27. The van der Waals surface area contributed by atoms with Crippen LogP contribution in [0, 0.1) is 0 Å². The molecule has 0 heterocycles. The predicted molar refractivity (Wildman–Crippen MR) is 97.5 cm³/mol. The van der Waals surface area contributed by atoms with Crippen molar-refractivity contribution in [1.82, 2.24) is 0 Å². The largest absolute Gasteiger partial charge is 0.507 e. The van der Waals surface area contributed by atoms with Gasteiger partial charge in [0.25, 0.3) is 0 Å². The quantitative estimate of drug-likeness (QED) is 0.602. The van der Waals surface area contributed by atoms with Crippen LogP contribution in [0.3, 0.4) is 0 Å². The molecule has 1 N–H and O–H groups in total. The second-order valence-electron chi connectivity index (χ2n) is 5.54. The Morgan fingerprint density at radius 3 is 2.09 bits per heavy atom. The van der Waals surface area contributed by atoms with Crippen LogP contribution >= 0.6 is 15.9 Å². The molecule has 0 aliphatic rings. The number of benzene rings is 3. The first-order chi connectivity index (χ1) is 10.6. The highest BCUT2D eigenvalue weighted by atomic mass is 79.9. The molecule has 3 aromatic rings. The van der Waals surface area contributed by atoms with Gasteiger partial charge in [0, 0.05) is 15.4 Å². The van der Waals surface area contributed by atoms with Gasteiger partial charge in [0.1, 0.15) is 5.75 Å². The maximum Gasteiger partial charge on any atom is 0.124 e. The van der Waals surface area contributed by atoms with Gasteiger partial charge in [0.2, 0.25) is 0 Å². The molecule has 3 aromatic carbocycles. The van der Waals surface area contributed by atoms with Crippen LogP contribution in [0.4, 0.5) is 0 Å². The predicted octanol–water partition coefficient (Wildman–Crippen LogP) is 6.10. The van der Waals surface area contributed by atoms with Crippen molar-refractivity contribution >= 4 is 26.7 Å². The minimum atomic E-state index is 0.325. The van der Waals surface area contributed by atoms with E-state index in [2.05, 4.69) is 72.2 Å². The Hall–Kier alpha value is -1.80. The fourth-order valence-electron chi connectivity index (χ4n) is 2.84. The van der Waals surface area contributed by atoms with Gasteiger partial charge in [-0.2, -0.15) is 0 Å². The fraction of sp³-hybridized carbons (Fsp3) is 0.200. The third-order valence-corrected chi connectivity index (χ3v) is 4.82. The van der Waals surface area contributed by atoms with Crippen molar-refractivity contribution in [2.45, 2.75) is 26.7 Å². The number of rotatable bonds is 3. The van der Waals surface area contributed by atoms with E-state index in [1.807, 2.05) is 0 Å². The molecule has 0 aliphatic carbocycles. The minimum Gasteiger partial charge on any atom is -0.507 e. The molecule has 0 atom stereocenters. The van der Waals surface area contributed by atoms with E-state index in [-0.39, 0.29) is 0 Å². The molecule has 1 nitrogen and oxygen atoms in total. The van der Waals surface area contributed by atoms with Gasteiger partial charge < -0.3 is 5.11 Å². The second-order valence-corrected chi connectivity index (χ2v) is 6.39. The van der Waals surface area contributed by atoms with Crippen LogP contribution in [0.25, 0.3) is 21.9 Å². The van der Waals surface area contributed by atoms with Gasteiger partial charge in [-0.25, -0.2) is 0 Å². The molecule has 0 aromatic heterocycles. The van der Waals surface area contributed by atoms with Crippen LogP contribution in [0.5, 0.6) is 5.75 Å². The fourth-order valence-corrected chi connectivity index (χ4v) is 3.50. The Kier molecular flexibility index (Phi) is 4.21. The summed E-state index contributed by atoms with van der Waals surface area (Å²) in [6.07, 6.45) is 2.00. The Morgan fingerprint density at radius 2 is 1.45 bits per heavy atom. The van der Waals surface area contributed by atoms with Gasteiger partial charge in [0.05, 0.1) is 0 Å². The lowest BCUT2D eigenvalue weighted by Gasteiger charge is -2.13. The number of hydrogen-bond acceptors (Lipinski definition) is 1. The summed E-state index contributed by atoms with van der Waals surface area (Å²) in [6.45, 7) is 4.29. The van der Waals surface area contributed by atoms with Gasteiger partial charge in [-0.15, -0.1) is 0 Å². The van der Waals surface area contributed by atoms with E-state index in [1.165, 1.54) is 16.7 Å². The Labute approximate surface area is 139 Å². The van der Waals surface area contributed by atoms with E-state index in [0.29, 0.717) is 5.75 Å². The van der Waals surface area contributed by atoms with Crippen LogP contribution in [0.15, 0.2) is 53.0 Å². The molecule has 0 fully saturated rings. The third-order valence-electron chi connectivity index (χ3n) is 4.19. The highest BCUT2D eigenvalue weighted by Gasteiger charge is 2.12. The van der Waals surface area contributed by atoms with Crippen LogP contribution in [-0.4, -0.2) is 5.11 Å². The lowest BCUT2D eigenvalue weighted by atomic mass is 9.95. The number of aromatic hydroxyl groups is 1. The van der Waals surface area contributed by atoms with Gasteiger partial charge >= 0.3 is 0 Å². The average Bonchev–Trinajstić information content (AvgIpc) is 2.55. The summed E-state index contributed by atoms with van der Waals surface area (Å²) >= 11 is 3.62. The minimum absolute atomic E-state index is 0.325. The normalized spacial score (nSPS) is 11.0. The maximum atomic E-state index is 10.3. The SMILES string of the molecule is CCc1ccc(-c2c(Br)cc(O)c3cc(CC)ccc23)cc1. The molecule has 3 rings (SSSR count). The molecular weight excluding hydrogens is 336 g/mol. The summed E-state index contributed by atoms with van der Waals surface area (Å²) in [7, 11) is 0. The molecule has 0 saturated heterocycles. The van der Waals surface area contributed by atoms with Crippen molar-refractivity contribution in [3.63, 3.8) is 0 Å². The first-order valence-corrected chi connectivity index (χ1v) is 8.46. The zero-order valence-corrected chi connectivity index (χ0v) is 14.4. The van der Waals surface area contributed by atoms with E-state index < -0.39 is 0 Å². The molecule has 0 unspecified atom stereocenters. The summed E-state index contributed by atoms with van der Waals surface area (Å²) in [5, 5.41) is 12.3. The van der Waals surface area contributed by atoms with E-state index in [1.54, 1.807) is 6.07 Å². The molecule has 0 radical (unpaired) electrons. The zero-order valence-electron chi connectivity index (χ0n) is 12.9. The van der Waals surface area contributed by atoms with Gasteiger partial charge in [-0.3, -0.25) is 0 Å². The lowest BCUT2D eigenvalue weighted by Crippen LogP contribution is -1.88. The number of phenolic OH excluding ortho intramolecular Hbond substituents is 1. The van der Waals surface area contributed by atoms with E-state index in [0.717, 1.165) is 33.7 Å². The van der Waals surface area contributed by atoms with Crippen LogP contribution in [0.1, 0.15) is 25.0 Å². The van der Waals surface area contributed by atoms with Gasteiger partial charge in [-0.1, -0.05) is 50.2 Å². The highest BCUT2D eigenvalue weighted by Crippen LogP contribution is 2.40. The number of halogens is 1. The molecule has 0 bridgehead atoms. The van der Waals surface area contributed by atoms with Crippen molar-refractivity contribution in [3.05, 3.63) is 64.1 Å². The molecule has 0 aliphatic heterocycles. The molecule has 2 heteroatoms. The monoisotopic (exact) mass is 354 g/mol. The average molecular weight is 355 g/mol. The summed E-state index contributed by atoms with van der Waals surface area (Å²) in [6, 6.07) is 16.8. The lowest BCUT2D eigenvalue weighted by molar-refractivity contribution is 0.481. The molecule has 112 valence electrons. The summed E-state index contributed by atoms with van der Waals surface area (Å²) in [4.78, 5) is 0. The number of phenols is 1. The first-order valence-electron chi connectivity index (χ1n) is 7.67. The van der Waals surface area contributed by atoms with Gasteiger partial charge in [0.15, 0.2) is 0 Å². The highest BCUT2D eigenvalue weighted by molar-refractivity contribution is 9.10. The topological polar surface area (TPSA) is 20.2 Å². The van der Waals surface area contributed by atoms with Crippen molar-refractivity contribution in [1.29, 1.82) is 0 Å². The maximum absolute atomic E-state index is 10.3. The smallest absolute Gasteiger partial charge is 0.124 e. The van der Waals surface area contributed by atoms with Crippen molar-refractivity contribution in [2.24, 2.45) is 0 Å². The number of aryl methyl sites for hydroxylation is 2. The third kappa shape index (κ3) is 2.64. The first kappa shape index (κ1) is 15.1. The van der Waals surface area contributed by atoms with Crippen molar-refractivity contribution in [3.8, 4) is 16.9 Å². The number of hydrogen-bond donors (Lipinski definition) is 1. The molecule has 0 saturated carbocycles. The molecule has 22 heavy (non-hydrogen) atoms. The Bertz CT molecular complexity index is 819. The van der Waals surface area contributed by atoms with Gasteiger partial charge in [-0.05, 0) is 63.0 Å². The van der Waals surface area contributed by atoms with Crippen LogP contribution in [-0.2, 0) is 12.8 Å². The van der Waals surface area contributed by atoms with Crippen LogP contribution < -0.4 is 0 Å². The number of fused-ring (bicyclic) bond motifs is 1. The summed E-state index contributed by atoms with van der Waals surface area (Å²) < 4.78 is 0.922. The van der Waals surface area contributed by atoms with Crippen molar-refractivity contribution < 1.29 is 5.11 Å². The standard InChI is InChI=1S/C20H19BrO/c1-3-13-5-8-15(9-6-13)20-16-10-7-14(4-2)11-17(16)19(22)12-18(20)21/h5-12,22H,3-4H2,1-2H3. The second kappa shape index (κ2) is 6.13.